The largest absolute Gasteiger partial charge is 0.507 e. The topological polar surface area (TPSA) is 115 Å². The number of aliphatic hydroxyl groups excluding tert-OH is 1. The number of Topliss-reactive ketones (excluding diaryl/α,β-unsaturated/α-hetero) is 1. The number of hydrogen-bond donors (Lipinski definition) is 1. The molecule has 45 heavy (non-hydrogen) atoms. The summed E-state index contributed by atoms with van der Waals surface area (Å²) in [7, 11) is 0. The second-order valence-electron chi connectivity index (χ2n) is 11.4. The van der Waals surface area contributed by atoms with Crippen LogP contribution in [0, 0.1) is 12.8 Å². The van der Waals surface area contributed by atoms with Crippen LogP contribution in [0.3, 0.4) is 0 Å². The van der Waals surface area contributed by atoms with Crippen molar-refractivity contribution >= 4 is 39.9 Å². The van der Waals surface area contributed by atoms with E-state index in [1.165, 1.54) is 4.90 Å². The molecule has 0 spiro atoms. The summed E-state index contributed by atoms with van der Waals surface area (Å²) in [6.07, 6.45) is 5.01. The Bertz CT molecular complexity index is 1510. The lowest BCUT2D eigenvalue weighted by molar-refractivity contribution is -0.132. The molecular weight excluding hydrogens is 592 g/mol. The molecule has 9 nitrogen and oxygen atoms in total. The fourth-order valence-corrected chi connectivity index (χ4v) is 5.80. The zero-order valence-corrected chi connectivity index (χ0v) is 27.4. The molecule has 1 saturated heterocycles. The summed E-state index contributed by atoms with van der Waals surface area (Å²) in [5.74, 6) is -1.11. The Kier molecular flexibility index (Phi) is 11.8. The van der Waals surface area contributed by atoms with E-state index in [1.54, 1.807) is 55.5 Å². The average Bonchev–Trinajstić information content (AvgIpc) is 3.54. The summed E-state index contributed by atoms with van der Waals surface area (Å²) in [6, 6.07) is 12.9. The number of carbonyl (C=O) groups excluding carboxylic acids is 3. The molecule has 1 aromatic heterocycles. The van der Waals surface area contributed by atoms with Crippen molar-refractivity contribution in [2.24, 2.45) is 5.92 Å². The van der Waals surface area contributed by atoms with Crippen molar-refractivity contribution in [2.45, 2.75) is 72.8 Å². The number of anilines is 1. The van der Waals surface area contributed by atoms with Gasteiger partial charge in [-0.1, -0.05) is 70.4 Å². The predicted octanol–water partition coefficient (Wildman–Crippen LogP) is 7.64. The third-order valence-corrected chi connectivity index (χ3v) is 8.41. The molecule has 2 aromatic carbocycles. The molecule has 10 heteroatoms. The van der Waals surface area contributed by atoms with Crippen LogP contribution in [0.1, 0.15) is 92.3 Å². The molecule has 1 unspecified atom stereocenters. The van der Waals surface area contributed by atoms with E-state index in [9.17, 15) is 19.5 Å². The van der Waals surface area contributed by atoms with Gasteiger partial charge in [-0.2, -0.15) is 0 Å². The Balaban J connectivity index is 1.74. The van der Waals surface area contributed by atoms with Gasteiger partial charge in [0.1, 0.15) is 22.1 Å². The number of aryl methyl sites for hydroxylation is 1. The number of unbranched alkanes of at least 4 members (excludes halogenated alkanes) is 3. The van der Waals surface area contributed by atoms with Crippen LogP contribution >= 0.6 is 11.3 Å². The number of thiazole rings is 1. The fourth-order valence-electron chi connectivity index (χ4n) is 4.82. The molecule has 0 aliphatic carbocycles. The van der Waals surface area contributed by atoms with E-state index in [4.69, 9.17) is 14.2 Å². The Morgan fingerprint density at radius 2 is 1.53 bits per heavy atom. The van der Waals surface area contributed by atoms with Crippen LogP contribution < -0.4 is 14.4 Å². The average molecular weight is 635 g/mol. The van der Waals surface area contributed by atoms with Gasteiger partial charge < -0.3 is 19.3 Å². The molecule has 3 aromatic rings. The number of hydrogen-bond acceptors (Lipinski definition) is 9. The molecule has 0 radical (unpaired) electrons. The van der Waals surface area contributed by atoms with Crippen LogP contribution in [0.4, 0.5) is 5.13 Å². The molecule has 0 bridgehead atoms. The predicted molar refractivity (Wildman–Crippen MR) is 175 cm³/mol. The van der Waals surface area contributed by atoms with Crippen LogP contribution in [0.25, 0.3) is 5.76 Å². The number of ether oxygens (including phenoxy) is 3. The van der Waals surface area contributed by atoms with Crippen LogP contribution in [0.5, 0.6) is 11.5 Å². The van der Waals surface area contributed by atoms with E-state index in [0.717, 1.165) is 43.4 Å². The normalized spacial score (nSPS) is 16.0. The quantitative estimate of drug-likeness (QED) is 0.0596. The lowest BCUT2D eigenvalue weighted by Gasteiger charge is -2.23. The van der Waals surface area contributed by atoms with Gasteiger partial charge in [-0.3, -0.25) is 14.5 Å². The first-order valence-electron chi connectivity index (χ1n) is 15.6. The van der Waals surface area contributed by atoms with Gasteiger partial charge in [0.05, 0.1) is 37.1 Å². The van der Waals surface area contributed by atoms with E-state index < -0.39 is 23.7 Å². The third-order valence-electron chi connectivity index (χ3n) is 7.28. The molecule has 2 heterocycles. The van der Waals surface area contributed by atoms with Gasteiger partial charge in [0.2, 0.25) is 0 Å². The van der Waals surface area contributed by atoms with Gasteiger partial charge in [-0.25, -0.2) is 9.78 Å². The van der Waals surface area contributed by atoms with Gasteiger partial charge in [0.15, 0.2) is 5.13 Å². The number of ketones is 1. The zero-order valence-electron chi connectivity index (χ0n) is 26.6. The summed E-state index contributed by atoms with van der Waals surface area (Å²) in [4.78, 5) is 46.1. The first-order chi connectivity index (χ1) is 21.7. The number of aromatic nitrogens is 1. The maximum absolute atomic E-state index is 13.6. The molecule has 1 fully saturated rings. The molecule has 0 saturated carbocycles. The Morgan fingerprint density at radius 3 is 2.13 bits per heavy atom. The van der Waals surface area contributed by atoms with Crippen molar-refractivity contribution < 1.29 is 33.7 Å². The van der Waals surface area contributed by atoms with Crippen molar-refractivity contribution in [3.05, 3.63) is 75.8 Å². The number of nitrogens with zero attached hydrogens (tertiary/aromatic N) is 2. The molecule has 1 atom stereocenters. The zero-order chi connectivity index (χ0) is 32.5. The van der Waals surface area contributed by atoms with Gasteiger partial charge >= 0.3 is 11.9 Å². The second-order valence-corrected chi connectivity index (χ2v) is 12.4. The van der Waals surface area contributed by atoms with Gasteiger partial charge in [-0.05, 0) is 67.6 Å². The summed E-state index contributed by atoms with van der Waals surface area (Å²) < 4.78 is 17.0. The molecule has 1 N–H and O–H groups in total. The van der Waals surface area contributed by atoms with E-state index in [2.05, 4.69) is 18.8 Å². The first-order valence-corrected chi connectivity index (χ1v) is 16.4. The van der Waals surface area contributed by atoms with E-state index in [-0.39, 0.29) is 33.9 Å². The molecule has 1 amide bonds. The fraction of sp³-hybridized carbons (Fsp3) is 0.429. The van der Waals surface area contributed by atoms with Crippen molar-refractivity contribution in [3.63, 3.8) is 0 Å². The lowest BCUT2D eigenvalue weighted by atomic mass is 9.95. The number of carbonyl (C=O) groups is 3. The number of amides is 1. The minimum absolute atomic E-state index is 0.0759. The van der Waals surface area contributed by atoms with Gasteiger partial charge in [-0.15, -0.1) is 0 Å². The third kappa shape index (κ3) is 8.11. The van der Waals surface area contributed by atoms with E-state index in [0.29, 0.717) is 41.5 Å². The van der Waals surface area contributed by atoms with Crippen LogP contribution in [-0.2, 0) is 14.3 Å². The monoisotopic (exact) mass is 634 g/mol. The van der Waals surface area contributed by atoms with Gasteiger partial charge in [0.25, 0.3) is 5.78 Å². The van der Waals surface area contributed by atoms with Crippen molar-refractivity contribution in [3.8, 4) is 11.5 Å². The van der Waals surface area contributed by atoms with Crippen LogP contribution in [0.15, 0.2) is 54.1 Å². The van der Waals surface area contributed by atoms with Crippen LogP contribution in [-0.4, -0.2) is 47.6 Å². The van der Waals surface area contributed by atoms with Crippen LogP contribution in [0.2, 0.25) is 0 Å². The van der Waals surface area contributed by atoms with Crippen molar-refractivity contribution in [1.29, 1.82) is 0 Å². The van der Waals surface area contributed by atoms with Crippen molar-refractivity contribution in [2.75, 3.05) is 24.7 Å². The molecule has 1 aliphatic rings. The lowest BCUT2D eigenvalue weighted by Crippen LogP contribution is -2.29. The summed E-state index contributed by atoms with van der Waals surface area (Å²) >= 11 is 0.982. The smallest absolute Gasteiger partial charge is 0.350 e. The minimum Gasteiger partial charge on any atom is -0.507 e. The summed E-state index contributed by atoms with van der Waals surface area (Å²) in [5.41, 5.74) is 1.25. The highest BCUT2D eigenvalue weighted by molar-refractivity contribution is 7.17. The molecule has 240 valence electrons. The second kappa shape index (κ2) is 15.7. The number of aliphatic hydroxyl groups is 1. The highest BCUT2D eigenvalue weighted by Crippen LogP contribution is 2.44. The summed E-state index contributed by atoms with van der Waals surface area (Å²) in [5, 5.41) is 11.7. The highest BCUT2D eigenvalue weighted by atomic mass is 32.1. The van der Waals surface area contributed by atoms with Gasteiger partial charge in [0, 0.05) is 5.56 Å². The Morgan fingerprint density at radius 1 is 0.933 bits per heavy atom. The summed E-state index contributed by atoms with van der Waals surface area (Å²) in [6.45, 7) is 11.1. The maximum Gasteiger partial charge on any atom is 0.350 e. The Labute approximate surface area is 268 Å². The first kappa shape index (κ1) is 33.7. The highest BCUT2D eigenvalue weighted by Gasteiger charge is 2.48. The number of esters is 1. The molecular formula is C35H42N2O7S. The SMILES string of the molecule is CCCCCOc1ccc(C2C(=C(O)c3ccc(OCCCC)cc3)C(=O)C(=O)N2c2nc(C)c(C(=O)OCC(C)C)s2)cc1. The maximum atomic E-state index is 13.6. The van der Waals surface area contributed by atoms with E-state index >= 15 is 0 Å². The van der Waals surface area contributed by atoms with Crippen molar-refractivity contribution in [1.82, 2.24) is 4.98 Å². The van der Waals surface area contributed by atoms with E-state index in [1.807, 2.05) is 13.8 Å². The standard InChI is InChI=1S/C35H42N2O7S/c1-6-8-10-20-43-26-15-11-24(12-16-26)29-28(30(38)25-13-17-27(18-14-25)42-19-9-7-2)31(39)33(40)37(29)35-36-23(5)32(45-35)34(41)44-21-22(3)4/h11-18,22,29,38H,6-10,19-21H2,1-5H3. The Hall–Kier alpha value is -4.18. The molecule has 1 aliphatic heterocycles. The molecule has 4 rings (SSSR count). The number of benzene rings is 2. The minimum atomic E-state index is -0.996. The number of rotatable bonds is 15.